The van der Waals surface area contributed by atoms with Gasteiger partial charge in [0.2, 0.25) is 5.78 Å². The van der Waals surface area contributed by atoms with E-state index in [-0.39, 0.29) is 50.7 Å². The van der Waals surface area contributed by atoms with Gasteiger partial charge in [0.05, 0.1) is 16.5 Å². The van der Waals surface area contributed by atoms with E-state index in [1.54, 1.807) is 12.1 Å². The van der Waals surface area contributed by atoms with Crippen molar-refractivity contribution in [3.05, 3.63) is 101 Å². The van der Waals surface area contributed by atoms with Gasteiger partial charge in [0.25, 0.3) is 0 Å². The summed E-state index contributed by atoms with van der Waals surface area (Å²) in [4.78, 5) is 27.0. The van der Waals surface area contributed by atoms with Crippen LogP contribution in [0.5, 0.6) is 34.5 Å². The Hall–Kier alpha value is -5.70. The Morgan fingerprint density at radius 3 is 1.90 bits per heavy atom. The van der Waals surface area contributed by atoms with Gasteiger partial charge < -0.3 is 35.1 Å². The highest BCUT2D eigenvalue weighted by atomic mass is 16.3. The molecule has 1 heterocycles. The number of benzene rings is 4. The molecule has 1 aromatic heterocycles. The molecular formula is C30H20O9. The number of phenolic OH excluding ortho intramolecular Hbond substituents is 6. The zero-order valence-corrected chi connectivity index (χ0v) is 20.0. The molecule has 5 rings (SSSR count). The number of allylic oxidation sites excluding steroid dienone is 1. The van der Waals surface area contributed by atoms with E-state index in [9.17, 15) is 40.2 Å². The molecule has 0 aliphatic carbocycles. The Morgan fingerprint density at radius 1 is 0.641 bits per heavy atom. The molecule has 4 aromatic carbocycles. The second-order valence-electron chi connectivity index (χ2n) is 8.67. The maximum absolute atomic E-state index is 13.7. The first kappa shape index (κ1) is 25.0. The number of rotatable bonds is 6. The van der Waals surface area contributed by atoms with Crippen LogP contribution in [0.4, 0.5) is 0 Å². The van der Waals surface area contributed by atoms with Gasteiger partial charge in [0.15, 0.2) is 11.4 Å². The molecule has 39 heavy (non-hydrogen) atoms. The van der Waals surface area contributed by atoms with Crippen molar-refractivity contribution in [1.82, 2.24) is 0 Å². The number of hydrogen-bond acceptors (Lipinski definition) is 9. The topological polar surface area (TPSA) is 169 Å². The van der Waals surface area contributed by atoms with Crippen LogP contribution in [0, 0.1) is 0 Å². The second-order valence-corrected chi connectivity index (χ2v) is 8.67. The van der Waals surface area contributed by atoms with Crippen LogP contribution in [0.3, 0.4) is 0 Å². The minimum atomic E-state index is -0.798. The summed E-state index contributed by atoms with van der Waals surface area (Å²) in [5.41, 5.74) is -0.167. The third-order valence-corrected chi connectivity index (χ3v) is 6.07. The zero-order valence-electron chi connectivity index (χ0n) is 20.0. The Labute approximate surface area is 220 Å². The lowest BCUT2D eigenvalue weighted by Gasteiger charge is -2.07. The lowest BCUT2D eigenvalue weighted by Crippen LogP contribution is -2.03. The number of phenols is 6. The van der Waals surface area contributed by atoms with Crippen molar-refractivity contribution in [2.24, 2.45) is 0 Å². The Bertz CT molecular complexity index is 1780. The molecule has 0 bridgehead atoms. The summed E-state index contributed by atoms with van der Waals surface area (Å²) < 4.78 is 5.97. The summed E-state index contributed by atoms with van der Waals surface area (Å²) in [5, 5.41) is 60.5. The fourth-order valence-corrected chi connectivity index (χ4v) is 4.20. The molecule has 0 radical (unpaired) electrons. The lowest BCUT2D eigenvalue weighted by atomic mass is 9.94. The maximum atomic E-state index is 13.7. The highest BCUT2D eigenvalue weighted by Gasteiger charge is 2.31. The van der Waals surface area contributed by atoms with E-state index >= 15 is 0 Å². The second kappa shape index (κ2) is 9.64. The van der Waals surface area contributed by atoms with Gasteiger partial charge in [-0.1, -0.05) is 18.2 Å². The van der Waals surface area contributed by atoms with E-state index in [1.807, 2.05) is 0 Å². The van der Waals surface area contributed by atoms with Crippen LogP contribution in [0.15, 0.2) is 83.3 Å². The van der Waals surface area contributed by atoms with E-state index in [2.05, 4.69) is 0 Å². The van der Waals surface area contributed by atoms with Crippen LogP contribution < -0.4 is 0 Å². The SMILES string of the molecule is O=C(/C=C/c1ccc(O)cc1)c1c(O)cc(O)c2c(C(=O)c3ccc(O)cc3O)c(-c3ccc(O)cc3)oc12. The molecule has 0 spiro atoms. The molecular weight excluding hydrogens is 504 g/mol. The molecule has 6 N–H and O–H groups in total. The van der Waals surface area contributed by atoms with Gasteiger partial charge in [-0.25, -0.2) is 0 Å². The van der Waals surface area contributed by atoms with Gasteiger partial charge in [0, 0.05) is 17.7 Å². The first-order valence-corrected chi connectivity index (χ1v) is 11.5. The minimum Gasteiger partial charge on any atom is -0.508 e. The predicted molar refractivity (Wildman–Crippen MR) is 141 cm³/mol. The van der Waals surface area contributed by atoms with E-state index < -0.39 is 28.8 Å². The highest BCUT2D eigenvalue weighted by molar-refractivity contribution is 6.25. The molecule has 0 amide bonds. The summed E-state index contributed by atoms with van der Waals surface area (Å²) >= 11 is 0. The molecule has 5 aromatic rings. The molecule has 0 aliphatic heterocycles. The quantitative estimate of drug-likeness (QED) is 0.125. The summed E-state index contributed by atoms with van der Waals surface area (Å²) in [5.74, 6) is -3.58. The summed E-state index contributed by atoms with van der Waals surface area (Å²) in [6.45, 7) is 0. The highest BCUT2D eigenvalue weighted by Crippen LogP contribution is 2.45. The number of hydrogen-bond donors (Lipinski definition) is 6. The van der Waals surface area contributed by atoms with E-state index in [0.717, 1.165) is 18.2 Å². The third kappa shape index (κ3) is 4.60. The first-order valence-electron chi connectivity index (χ1n) is 11.5. The van der Waals surface area contributed by atoms with Crippen molar-refractivity contribution in [1.29, 1.82) is 0 Å². The van der Waals surface area contributed by atoms with Crippen LogP contribution in [0.1, 0.15) is 31.8 Å². The number of ketones is 2. The number of aromatic hydroxyl groups is 6. The van der Waals surface area contributed by atoms with Gasteiger partial charge in [-0.2, -0.15) is 0 Å². The third-order valence-electron chi connectivity index (χ3n) is 6.07. The molecule has 9 nitrogen and oxygen atoms in total. The smallest absolute Gasteiger partial charge is 0.201 e. The van der Waals surface area contributed by atoms with Gasteiger partial charge in [-0.15, -0.1) is 0 Å². The van der Waals surface area contributed by atoms with E-state index in [1.165, 1.54) is 54.6 Å². The van der Waals surface area contributed by atoms with Crippen molar-refractivity contribution in [3.8, 4) is 45.8 Å². The summed E-state index contributed by atoms with van der Waals surface area (Å²) in [6.07, 6.45) is 2.61. The average Bonchev–Trinajstić information content (AvgIpc) is 3.29. The standard InChI is InChI=1S/C30H20O9/c31-17-6-1-15(2-7-17)3-12-21(34)25-23(36)14-24(37)26-27(28(38)20-11-10-19(33)13-22(20)35)29(39-30(25)26)16-4-8-18(32)9-5-16/h1-14,31-33,35-37H/b12-3+. The van der Waals surface area contributed by atoms with Crippen LogP contribution in [-0.2, 0) is 0 Å². The summed E-state index contributed by atoms with van der Waals surface area (Å²) in [6, 6.07) is 15.9. The van der Waals surface area contributed by atoms with Gasteiger partial charge in [-0.05, 0) is 60.2 Å². The Balaban J connectivity index is 1.75. The molecule has 0 fully saturated rings. The van der Waals surface area contributed by atoms with E-state index in [0.29, 0.717) is 11.1 Å². The van der Waals surface area contributed by atoms with Crippen LogP contribution in [-0.4, -0.2) is 42.2 Å². The van der Waals surface area contributed by atoms with Crippen LogP contribution in [0.25, 0.3) is 28.4 Å². The molecule has 9 heteroatoms. The molecule has 0 saturated carbocycles. The normalized spacial score (nSPS) is 11.3. The predicted octanol–water partition coefficient (Wildman–Crippen LogP) is 5.46. The molecule has 0 saturated heterocycles. The molecule has 194 valence electrons. The van der Waals surface area contributed by atoms with Crippen molar-refractivity contribution in [2.75, 3.05) is 0 Å². The van der Waals surface area contributed by atoms with E-state index in [4.69, 9.17) is 4.42 Å². The zero-order chi connectivity index (χ0) is 27.8. The fourth-order valence-electron chi connectivity index (χ4n) is 4.20. The van der Waals surface area contributed by atoms with Crippen molar-refractivity contribution in [2.45, 2.75) is 0 Å². The maximum Gasteiger partial charge on any atom is 0.201 e. The van der Waals surface area contributed by atoms with Gasteiger partial charge in [-0.3, -0.25) is 9.59 Å². The molecule has 0 atom stereocenters. The van der Waals surface area contributed by atoms with Crippen molar-refractivity contribution < 1.29 is 44.6 Å². The molecule has 0 unspecified atom stereocenters. The van der Waals surface area contributed by atoms with Crippen molar-refractivity contribution >= 4 is 28.6 Å². The number of furan rings is 1. The first-order chi connectivity index (χ1) is 18.6. The monoisotopic (exact) mass is 524 g/mol. The van der Waals surface area contributed by atoms with Crippen LogP contribution >= 0.6 is 0 Å². The minimum absolute atomic E-state index is 0.0468. The lowest BCUT2D eigenvalue weighted by molar-refractivity contribution is 0.103. The Kier molecular flexibility index (Phi) is 6.17. The number of fused-ring (bicyclic) bond motifs is 1. The van der Waals surface area contributed by atoms with Gasteiger partial charge >= 0.3 is 0 Å². The summed E-state index contributed by atoms with van der Waals surface area (Å²) in [7, 11) is 0. The fraction of sp³-hybridized carbons (Fsp3) is 0. The van der Waals surface area contributed by atoms with Gasteiger partial charge in [0.1, 0.15) is 45.8 Å². The largest absolute Gasteiger partial charge is 0.508 e. The van der Waals surface area contributed by atoms with Crippen LogP contribution in [0.2, 0.25) is 0 Å². The average molecular weight is 524 g/mol. The van der Waals surface area contributed by atoms with Crippen molar-refractivity contribution in [3.63, 3.8) is 0 Å². The molecule has 0 aliphatic rings. The number of carbonyl (C=O) groups is 2. The number of carbonyl (C=O) groups excluding carboxylic acids is 2. The Morgan fingerprint density at radius 2 is 1.26 bits per heavy atom.